The van der Waals surface area contributed by atoms with Crippen molar-refractivity contribution in [1.29, 1.82) is 0 Å². The molecule has 4 aromatic rings. The second-order valence-electron chi connectivity index (χ2n) is 6.36. The number of nitrogens with zero attached hydrogens (tertiary/aromatic N) is 2. The fourth-order valence-corrected chi connectivity index (χ4v) is 2.98. The van der Waals surface area contributed by atoms with Crippen molar-refractivity contribution in [2.45, 2.75) is 12.7 Å². The molecule has 0 aliphatic heterocycles. The van der Waals surface area contributed by atoms with Gasteiger partial charge in [0, 0.05) is 29.9 Å². The Balaban J connectivity index is 1.66. The van der Waals surface area contributed by atoms with Crippen molar-refractivity contribution in [2.75, 3.05) is 5.32 Å². The quantitative estimate of drug-likeness (QED) is 0.478. The number of benzene rings is 2. The van der Waals surface area contributed by atoms with Gasteiger partial charge in [-0.15, -0.1) is 0 Å². The van der Waals surface area contributed by atoms with Gasteiger partial charge in [0.2, 0.25) is 0 Å². The number of hydrogen-bond donors (Lipinski definition) is 1. The Morgan fingerprint density at radius 1 is 0.857 bits per heavy atom. The zero-order chi connectivity index (χ0) is 19.6. The van der Waals surface area contributed by atoms with Gasteiger partial charge in [0.1, 0.15) is 0 Å². The zero-order valence-corrected chi connectivity index (χ0v) is 14.7. The number of halogens is 3. The second-order valence-corrected chi connectivity index (χ2v) is 6.36. The maximum Gasteiger partial charge on any atom is 0.416 e. The Hall–Kier alpha value is -3.41. The third-order valence-electron chi connectivity index (χ3n) is 4.43. The minimum absolute atomic E-state index is 0.596. The van der Waals surface area contributed by atoms with E-state index in [1.807, 2.05) is 42.5 Å². The molecule has 2 heterocycles. The van der Waals surface area contributed by atoms with Crippen LogP contribution in [0.2, 0.25) is 0 Å². The monoisotopic (exact) mass is 379 g/mol. The first-order chi connectivity index (χ1) is 13.5. The van der Waals surface area contributed by atoms with E-state index in [-0.39, 0.29) is 0 Å². The standard InChI is InChI=1S/C22H16F3N3/c23-22(24,25)18-9-6-16(7-10-18)19-11-8-17-4-1-5-20(21(17)28-19)27-14-15-3-2-12-26-13-15/h1-13,27H,14H2. The Bertz CT molecular complexity index is 1090. The highest BCUT2D eigenvalue weighted by Crippen LogP contribution is 2.31. The van der Waals surface area contributed by atoms with Crippen LogP contribution < -0.4 is 5.32 Å². The SMILES string of the molecule is FC(F)(F)c1ccc(-c2ccc3cccc(NCc4cccnc4)c3n2)cc1. The van der Waals surface area contributed by atoms with Crippen molar-refractivity contribution in [3.05, 3.63) is 90.3 Å². The van der Waals surface area contributed by atoms with Crippen LogP contribution in [0.15, 0.2) is 79.1 Å². The summed E-state index contributed by atoms with van der Waals surface area (Å²) in [7, 11) is 0. The van der Waals surface area contributed by atoms with Crippen molar-refractivity contribution in [3.63, 3.8) is 0 Å². The zero-order valence-electron chi connectivity index (χ0n) is 14.7. The van der Waals surface area contributed by atoms with E-state index in [2.05, 4.69) is 10.3 Å². The summed E-state index contributed by atoms with van der Waals surface area (Å²) in [5.41, 5.74) is 3.25. The minimum atomic E-state index is -4.35. The minimum Gasteiger partial charge on any atom is -0.379 e. The third-order valence-corrected chi connectivity index (χ3v) is 4.43. The summed E-state index contributed by atoms with van der Waals surface area (Å²) in [6.07, 6.45) is -0.836. The molecular formula is C22H16F3N3. The molecule has 0 atom stereocenters. The van der Waals surface area contributed by atoms with E-state index in [9.17, 15) is 13.2 Å². The smallest absolute Gasteiger partial charge is 0.379 e. The van der Waals surface area contributed by atoms with Crippen LogP contribution >= 0.6 is 0 Å². The summed E-state index contributed by atoms with van der Waals surface area (Å²) in [6.45, 7) is 0.596. The molecule has 0 unspecified atom stereocenters. The molecule has 6 heteroatoms. The molecule has 3 nitrogen and oxygen atoms in total. The van der Waals surface area contributed by atoms with Gasteiger partial charge < -0.3 is 5.32 Å². The first-order valence-electron chi connectivity index (χ1n) is 8.71. The van der Waals surface area contributed by atoms with Crippen LogP contribution in [-0.4, -0.2) is 9.97 Å². The van der Waals surface area contributed by atoms with Crippen LogP contribution in [0, 0.1) is 0 Å². The average molecular weight is 379 g/mol. The van der Waals surface area contributed by atoms with Crippen molar-refractivity contribution in [2.24, 2.45) is 0 Å². The first kappa shape index (κ1) is 18.0. The highest BCUT2D eigenvalue weighted by atomic mass is 19.4. The number of anilines is 1. The second kappa shape index (κ2) is 7.31. The van der Waals surface area contributed by atoms with Crippen LogP contribution in [0.5, 0.6) is 0 Å². The van der Waals surface area contributed by atoms with Gasteiger partial charge in [-0.1, -0.05) is 36.4 Å². The van der Waals surface area contributed by atoms with Crippen molar-refractivity contribution >= 4 is 16.6 Å². The molecule has 0 aliphatic rings. The number of para-hydroxylation sites is 1. The van der Waals surface area contributed by atoms with Crippen LogP contribution in [-0.2, 0) is 12.7 Å². The highest BCUT2D eigenvalue weighted by molar-refractivity contribution is 5.92. The molecule has 0 saturated heterocycles. The summed E-state index contributed by atoms with van der Waals surface area (Å²) >= 11 is 0. The molecule has 1 N–H and O–H groups in total. The Morgan fingerprint density at radius 3 is 2.39 bits per heavy atom. The highest BCUT2D eigenvalue weighted by Gasteiger charge is 2.30. The molecule has 2 aromatic heterocycles. The fraction of sp³-hybridized carbons (Fsp3) is 0.0909. The van der Waals surface area contributed by atoms with Crippen LogP contribution in [0.1, 0.15) is 11.1 Å². The number of aromatic nitrogens is 2. The van der Waals surface area contributed by atoms with E-state index in [1.54, 1.807) is 12.4 Å². The Morgan fingerprint density at radius 2 is 1.68 bits per heavy atom. The number of nitrogens with one attached hydrogen (secondary N) is 1. The number of rotatable bonds is 4. The lowest BCUT2D eigenvalue weighted by Crippen LogP contribution is -2.04. The van der Waals surface area contributed by atoms with Gasteiger partial charge in [-0.3, -0.25) is 4.98 Å². The van der Waals surface area contributed by atoms with Gasteiger partial charge in [-0.25, -0.2) is 4.98 Å². The molecule has 2 aromatic carbocycles. The summed E-state index contributed by atoms with van der Waals surface area (Å²) in [4.78, 5) is 8.79. The largest absolute Gasteiger partial charge is 0.416 e. The average Bonchev–Trinajstić information content (AvgIpc) is 2.72. The molecule has 28 heavy (non-hydrogen) atoms. The normalized spacial score (nSPS) is 11.5. The topological polar surface area (TPSA) is 37.8 Å². The van der Waals surface area contributed by atoms with E-state index >= 15 is 0 Å². The van der Waals surface area contributed by atoms with Gasteiger partial charge in [0.05, 0.1) is 22.5 Å². The lowest BCUT2D eigenvalue weighted by Gasteiger charge is -2.11. The molecule has 0 amide bonds. The maximum atomic E-state index is 12.8. The van der Waals surface area contributed by atoms with E-state index in [4.69, 9.17) is 4.98 Å². The van der Waals surface area contributed by atoms with Crippen LogP contribution in [0.25, 0.3) is 22.2 Å². The van der Waals surface area contributed by atoms with Gasteiger partial charge in [0.25, 0.3) is 0 Å². The number of pyridine rings is 2. The van der Waals surface area contributed by atoms with Crippen molar-refractivity contribution < 1.29 is 13.2 Å². The predicted octanol–water partition coefficient (Wildman–Crippen LogP) is 5.93. The Kier molecular flexibility index (Phi) is 4.69. The fourth-order valence-electron chi connectivity index (χ4n) is 2.98. The molecule has 0 spiro atoms. The van der Waals surface area contributed by atoms with Gasteiger partial charge >= 0.3 is 6.18 Å². The molecule has 4 rings (SSSR count). The van der Waals surface area contributed by atoms with Crippen molar-refractivity contribution in [1.82, 2.24) is 9.97 Å². The van der Waals surface area contributed by atoms with E-state index in [0.717, 1.165) is 34.3 Å². The molecule has 0 aliphatic carbocycles. The lowest BCUT2D eigenvalue weighted by atomic mass is 10.1. The van der Waals surface area contributed by atoms with Crippen molar-refractivity contribution in [3.8, 4) is 11.3 Å². The van der Waals surface area contributed by atoms with Crippen LogP contribution in [0.4, 0.5) is 18.9 Å². The Labute approximate surface area is 159 Å². The first-order valence-corrected chi connectivity index (χ1v) is 8.71. The summed E-state index contributed by atoms with van der Waals surface area (Å²) in [5.74, 6) is 0. The third kappa shape index (κ3) is 3.81. The number of alkyl halides is 3. The predicted molar refractivity (Wildman–Crippen MR) is 104 cm³/mol. The number of fused-ring (bicyclic) bond motifs is 1. The molecule has 140 valence electrons. The van der Waals surface area contributed by atoms with Gasteiger partial charge in [0.15, 0.2) is 0 Å². The number of hydrogen-bond acceptors (Lipinski definition) is 3. The van der Waals surface area contributed by atoms with Crippen LogP contribution in [0.3, 0.4) is 0 Å². The van der Waals surface area contributed by atoms with Gasteiger partial charge in [-0.05, 0) is 35.9 Å². The summed E-state index contributed by atoms with van der Waals surface area (Å²) in [5, 5.41) is 4.31. The maximum absolute atomic E-state index is 12.8. The molecule has 0 saturated carbocycles. The molecular weight excluding hydrogens is 363 g/mol. The van der Waals surface area contributed by atoms with Gasteiger partial charge in [-0.2, -0.15) is 13.2 Å². The molecule has 0 fully saturated rings. The van der Waals surface area contributed by atoms with E-state index in [0.29, 0.717) is 17.8 Å². The molecule has 0 bridgehead atoms. The van der Waals surface area contributed by atoms with E-state index in [1.165, 1.54) is 12.1 Å². The summed E-state index contributed by atoms with van der Waals surface area (Å²) in [6, 6.07) is 18.5. The van der Waals surface area contributed by atoms with E-state index < -0.39 is 11.7 Å². The molecule has 0 radical (unpaired) electrons. The summed E-state index contributed by atoms with van der Waals surface area (Å²) < 4.78 is 38.3. The lowest BCUT2D eigenvalue weighted by molar-refractivity contribution is -0.137.